The Balaban J connectivity index is 2.46. The molecule has 0 heterocycles. The maximum atomic E-state index is 12.6. The smallest absolute Gasteiger partial charge is 0.185 e. The van der Waals surface area contributed by atoms with Crippen LogP contribution in [0.15, 0.2) is 65.6 Å². The van der Waals surface area contributed by atoms with Crippen LogP contribution in [-0.2, 0) is 9.84 Å². The van der Waals surface area contributed by atoms with Crippen LogP contribution in [0.5, 0.6) is 0 Å². The molecule has 0 saturated carbocycles. The monoisotopic (exact) mass is 260 g/mol. The molecule has 18 heavy (non-hydrogen) atoms. The van der Waals surface area contributed by atoms with E-state index < -0.39 is 15.1 Å². The minimum absolute atomic E-state index is 0.390. The molecule has 2 aromatic carbocycles. The molecule has 3 heteroatoms. The van der Waals surface area contributed by atoms with Gasteiger partial charge in [-0.3, -0.25) is 0 Å². The third-order valence-corrected chi connectivity index (χ3v) is 5.27. The highest BCUT2D eigenvalue weighted by Crippen LogP contribution is 2.31. The maximum Gasteiger partial charge on any atom is 0.185 e. The Hall–Kier alpha value is -1.61. The maximum absolute atomic E-state index is 12.6. The number of rotatable bonds is 4. The van der Waals surface area contributed by atoms with Crippen LogP contribution in [0.3, 0.4) is 0 Å². The summed E-state index contributed by atoms with van der Waals surface area (Å²) in [6.07, 6.45) is 0.571. The summed E-state index contributed by atoms with van der Waals surface area (Å²) in [7, 11) is -3.30. The lowest BCUT2D eigenvalue weighted by atomic mass is 10.1. The average Bonchev–Trinajstić information content (AvgIpc) is 2.41. The first-order valence-electron chi connectivity index (χ1n) is 6.00. The molecule has 0 spiro atoms. The summed E-state index contributed by atoms with van der Waals surface area (Å²) in [5.74, 6) is 0. The zero-order valence-corrected chi connectivity index (χ0v) is 11.1. The number of benzene rings is 2. The Morgan fingerprint density at radius 1 is 0.889 bits per heavy atom. The fraction of sp³-hybridized carbons (Fsp3) is 0.200. The van der Waals surface area contributed by atoms with Crippen molar-refractivity contribution in [3.8, 4) is 0 Å². The summed E-state index contributed by atoms with van der Waals surface area (Å²) >= 11 is 0. The van der Waals surface area contributed by atoms with E-state index in [0.717, 1.165) is 5.56 Å². The summed E-state index contributed by atoms with van der Waals surface area (Å²) in [4.78, 5) is 0.390. The fourth-order valence-corrected chi connectivity index (χ4v) is 3.90. The highest BCUT2D eigenvalue weighted by atomic mass is 32.2. The van der Waals surface area contributed by atoms with E-state index >= 15 is 0 Å². The van der Waals surface area contributed by atoms with Crippen LogP contribution in [0, 0.1) is 0 Å². The minimum atomic E-state index is -3.30. The van der Waals surface area contributed by atoms with Gasteiger partial charge in [-0.25, -0.2) is 8.42 Å². The van der Waals surface area contributed by atoms with Crippen LogP contribution in [-0.4, -0.2) is 8.42 Å². The third kappa shape index (κ3) is 2.46. The summed E-state index contributed by atoms with van der Waals surface area (Å²) in [5.41, 5.74) is 0.851. The molecule has 1 atom stereocenters. The molecule has 94 valence electrons. The Kier molecular flexibility index (Phi) is 3.82. The largest absolute Gasteiger partial charge is 0.223 e. The molecule has 2 nitrogen and oxygen atoms in total. The van der Waals surface area contributed by atoms with E-state index in [4.69, 9.17) is 0 Å². The van der Waals surface area contributed by atoms with E-state index in [2.05, 4.69) is 0 Å². The zero-order chi connectivity index (χ0) is 13.0. The molecule has 0 aliphatic rings. The van der Waals surface area contributed by atoms with Gasteiger partial charge in [-0.2, -0.15) is 0 Å². The first-order chi connectivity index (χ1) is 8.66. The van der Waals surface area contributed by atoms with Gasteiger partial charge in [0.15, 0.2) is 9.84 Å². The quantitative estimate of drug-likeness (QED) is 0.841. The van der Waals surface area contributed by atoms with Crippen LogP contribution in [0.25, 0.3) is 0 Å². The van der Waals surface area contributed by atoms with E-state index in [9.17, 15) is 8.42 Å². The van der Waals surface area contributed by atoms with E-state index in [-0.39, 0.29) is 0 Å². The van der Waals surface area contributed by atoms with Gasteiger partial charge in [-0.15, -0.1) is 0 Å². The van der Waals surface area contributed by atoms with Crippen molar-refractivity contribution in [1.29, 1.82) is 0 Å². The number of hydrogen-bond acceptors (Lipinski definition) is 2. The predicted molar refractivity (Wildman–Crippen MR) is 73.1 cm³/mol. The number of sulfone groups is 1. The van der Waals surface area contributed by atoms with Gasteiger partial charge in [-0.1, -0.05) is 55.5 Å². The summed E-state index contributed by atoms with van der Waals surface area (Å²) in [6.45, 7) is 1.90. The average molecular weight is 260 g/mol. The second-order valence-electron chi connectivity index (χ2n) is 4.17. The normalized spacial score (nSPS) is 13.2. The molecular weight excluding hydrogens is 244 g/mol. The highest BCUT2D eigenvalue weighted by Gasteiger charge is 2.26. The lowest BCUT2D eigenvalue weighted by Gasteiger charge is -2.16. The van der Waals surface area contributed by atoms with Crippen LogP contribution in [0.2, 0.25) is 0 Å². The van der Waals surface area contributed by atoms with Crippen LogP contribution >= 0.6 is 0 Å². The second kappa shape index (κ2) is 5.36. The standard InChI is InChI=1S/C15H16O2S/c1-2-15(13-9-5-3-6-10-13)18(16,17)14-11-7-4-8-12-14/h3-12,15H,2H2,1H3. The summed E-state index contributed by atoms with van der Waals surface area (Å²) in [6, 6.07) is 18.0. The Bertz CT molecular complexity index is 589. The molecule has 0 aliphatic carbocycles. The molecule has 0 N–H and O–H groups in total. The first kappa shape index (κ1) is 12.8. The van der Waals surface area contributed by atoms with Gasteiger partial charge in [0.25, 0.3) is 0 Å². The molecule has 0 bridgehead atoms. The van der Waals surface area contributed by atoms with Crippen LogP contribution in [0.1, 0.15) is 24.2 Å². The Morgan fingerprint density at radius 2 is 1.39 bits per heavy atom. The molecule has 0 saturated heterocycles. The van der Waals surface area contributed by atoms with Crippen molar-refractivity contribution in [2.75, 3.05) is 0 Å². The third-order valence-electron chi connectivity index (χ3n) is 2.99. The SMILES string of the molecule is CCC(c1ccccc1)S(=O)(=O)c1ccccc1. The van der Waals surface area contributed by atoms with Gasteiger partial charge in [0.05, 0.1) is 10.1 Å². The lowest BCUT2D eigenvalue weighted by molar-refractivity contribution is 0.579. The summed E-state index contributed by atoms with van der Waals surface area (Å²) < 4.78 is 25.1. The molecule has 2 rings (SSSR count). The molecule has 0 aromatic heterocycles. The van der Waals surface area contributed by atoms with Gasteiger partial charge in [-0.05, 0) is 24.1 Å². The second-order valence-corrected chi connectivity index (χ2v) is 6.30. The molecule has 2 aromatic rings. The molecule has 0 amide bonds. The van der Waals surface area contributed by atoms with Crippen LogP contribution in [0.4, 0.5) is 0 Å². The molecule has 1 unspecified atom stereocenters. The highest BCUT2D eigenvalue weighted by molar-refractivity contribution is 7.91. The molecular formula is C15H16O2S. The minimum Gasteiger partial charge on any atom is -0.223 e. The van der Waals surface area contributed by atoms with Crippen molar-refractivity contribution in [2.45, 2.75) is 23.5 Å². The molecule has 0 radical (unpaired) electrons. The molecule has 0 aliphatic heterocycles. The Labute approximate surface area is 108 Å². The van der Waals surface area contributed by atoms with Crippen molar-refractivity contribution in [2.24, 2.45) is 0 Å². The van der Waals surface area contributed by atoms with E-state index in [1.165, 1.54) is 0 Å². The van der Waals surface area contributed by atoms with Crippen molar-refractivity contribution in [1.82, 2.24) is 0 Å². The molecule has 0 fully saturated rings. The van der Waals surface area contributed by atoms with Crippen molar-refractivity contribution < 1.29 is 8.42 Å². The van der Waals surface area contributed by atoms with Gasteiger partial charge < -0.3 is 0 Å². The van der Waals surface area contributed by atoms with Gasteiger partial charge in [0.2, 0.25) is 0 Å². The van der Waals surface area contributed by atoms with Gasteiger partial charge in [0.1, 0.15) is 0 Å². The van der Waals surface area contributed by atoms with Gasteiger partial charge in [0, 0.05) is 0 Å². The van der Waals surface area contributed by atoms with Crippen molar-refractivity contribution in [3.05, 3.63) is 66.2 Å². The topological polar surface area (TPSA) is 34.1 Å². The van der Waals surface area contributed by atoms with E-state index in [0.29, 0.717) is 11.3 Å². The fourth-order valence-electron chi connectivity index (χ4n) is 2.08. The van der Waals surface area contributed by atoms with Gasteiger partial charge >= 0.3 is 0 Å². The summed E-state index contributed by atoms with van der Waals surface area (Å²) in [5, 5.41) is -0.471. The van der Waals surface area contributed by atoms with E-state index in [1.807, 2.05) is 43.3 Å². The first-order valence-corrected chi connectivity index (χ1v) is 7.54. The van der Waals surface area contributed by atoms with Crippen molar-refractivity contribution >= 4 is 9.84 Å². The predicted octanol–water partition coefficient (Wildman–Crippen LogP) is 3.61. The van der Waals surface area contributed by atoms with Crippen LogP contribution < -0.4 is 0 Å². The Morgan fingerprint density at radius 3 is 1.89 bits per heavy atom. The van der Waals surface area contributed by atoms with Crippen molar-refractivity contribution in [3.63, 3.8) is 0 Å². The zero-order valence-electron chi connectivity index (χ0n) is 10.3. The lowest BCUT2D eigenvalue weighted by Crippen LogP contribution is -2.13. The number of hydrogen-bond donors (Lipinski definition) is 0. The van der Waals surface area contributed by atoms with E-state index in [1.54, 1.807) is 24.3 Å².